The van der Waals surface area contributed by atoms with E-state index in [-0.39, 0.29) is 5.91 Å². The number of halogens is 1. The molecule has 1 aliphatic rings. The minimum atomic E-state index is -0.660. The van der Waals surface area contributed by atoms with E-state index in [0.29, 0.717) is 11.0 Å². The Morgan fingerprint density at radius 3 is 2.75 bits per heavy atom. The zero-order valence-electron chi connectivity index (χ0n) is 8.66. The van der Waals surface area contributed by atoms with Crippen LogP contribution in [-0.2, 0) is 9.53 Å². The van der Waals surface area contributed by atoms with Crippen molar-refractivity contribution in [3.63, 3.8) is 0 Å². The van der Waals surface area contributed by atoms with Gasteiger partial charge in [-0.2, -0.15) is 0 Å². The molecule has 0 saturated heterocycles. The molecule has 7 heteroatoms. The molecule has 1 aromatic heterocycles. The van der Waals surface area contributed by atoms with Crippen LogP contribution in [0.1, 0.15) is 12.8 Å². The van der Waals surface area contributed by atoms with Gasteiger partial charge < -0.3 is 4.74 Å². The first-order valence-corrected chi connectivity index (χ1v) is 5.13. The SMILES string of the molecule is COC1(C(=O)NNc2cnc(Cl)cn2)CC1. The van der Waals surface area contributed by atoms with Crippen molar-refractivity contribution in [3.05, 3.63) is 17.5 Å². The minimum absolute atomic E-state index is 0.202. The van der Waals surface area contributed by atoms with Gasteiger partial charge in [-0.05, 0) is 12.8 Å². The Bertz CT molecular complexity index is 391. The lowest BCUT2D eigenvalue weighted by Crippen LogP contribution is -2.41. The Labute approximate surface area is 97.3 Å². The van der Waals surface area contributed by atoms with Gasteiger partial charge in [-0.3, -0.25) is 15.6 Å². The molecule has 0 bridgehead atoms. The number of carbonyl (C=O) groups excluding carboxylic acids is 1. The fourth-order valence-corrected chi connectivity index (χ4v) is 1.35. The van der Waals surface area contributed by atoms with E-state index < -0.39 is 5.60 Å². The van der Waals surface area contributed by atoms with Crippen molar-refractivity contribution in [2.45, 2.75) is 18.4 Å². The van der Waals surface area contributed by atoms with E-state index in [2.05, 4.69) is 20.8 Å². The third kappa shape index (κ3) is 2.23. The van der Waals surface area contributed by atoms with Crippen LogP contribution >= 0.6 is 11.6 Å². The van der Waals surface area contributed by atoms with Gasteiger partial charge in [-0.25, -0.2) is 9.97 Å². The summed E-state index contributed by atoms with van der Waals surface area (Å²) in [4.78, 5) is 19.4. The first kappa shape index (κ1) is 11.1. The summed E-state index contributed by atoms with van der Waals surface area (Å²) in [7, 11) is 1.52. The van der Waals surface area contributed by atoms with Gasteiger partial charge >= 0.3 is 0 Å². The van der Waals surface area contributed by atoms with Crippen LogP contribution in [0.25, 0.3) is 0 Å². The van der Waals surface area contributed by atoms with E-state index in [0.717, 1.165) is 12.8 Å². The third-order valence-corrected chi connectivity index (χ3v) is 2.63. The Kier molecular flexibility index (Phi) is 2.93. The number of aromatic nitrogens is 2. The Hall–Kier alpha value is -1.40. The summed E-state index contributed by atoms with van der Waals surface area (Å²) in [6, 6.07) is 0. The van der Waals surface area contributed by atoms with E-state index in [1.54, 1.807) is 0 Å². The number of anilines is 1. The average molecular weight is 243 g/mol. The zero-order chi connectivity index (χ0) is 11.6. The largest absolute Gasteiger partial charge is 0.368 e. The highest BCUT2D eigenvalue weighted by Gasteiger charge is 2.50. The number of methoxy groups -OCH3 is 1. The van der Waals surface area contributed by atoms with Crippen LogP contribution < -0.4 is 10.9 Å². The summed E-state index contributed by atoms with van der Waals surface area (Å²) in [5.41, 5.74) is 4.49. The lowest BCUT2D eigenvalue weighted by molar-refractivity contribution is -0.132. The maximum atomic E-state index is 11.6. The van der Waals surface area contributed by atoms with Gasteiger partial charge in [0.2, 0.25) is 0 Å². The number of hydrazine groups is 1. The smallest absolute Gasteiger partial charge is 0.270 e. The van der Waals surface area contributed by atoms with E-state index in [1.165, 1.54) is 19.5 Å². The molecule has 1 amide bonds. The average Bonchev–Trinajstić information content (AvgIpc) is 3.09. The highest BCUT2D eigenvalue weighted by atomic mass is 35.5. The molecular weight excluding hydrogens is 232 g/mol. The molecule has 1 aromatic rings. The lowest BCUT2D eigenvalue weighted by atomic mass is 10.3. The minimum Gasteiger partial charge on any atom is -0.368 e. The molecule has 1 aliphatic carbocycles. The van der Waals surface area contributed by atoms with Crippen LogP contribution in [-0.4, -0.2) is 28.6 Å². The number of nitrogens with one attached hydrogen (secondary N) is 2. The normalized spacial score (nSPS) is 16.6. The monoisotopic (exact) mass is 242 g/mol. The zero-order valence-corrected chi connectivity index (χ0v) is 9.41. The second-order valence-corrected chi connectivity index (χ2v) is 3.89. The number of hydrogen-bond acceptors (Lipinski definition) is 5. The summed E-state index contributed by atoms with van der Waals surface area (Å²) in [6.07, 6.45) is 4.29. The molecule has 0 spiro atoms. The standard InChI is InChI=1S/C9H11ClN4O2/c1-16-9(2-3-9)8(15)14-13-7-5-11-6(10)4-12-7/h4-5H,2-3H2,1H3,(H,12,13)(H,14,15). The van der Waals surface area contributed by atoms with Gasteiger partial charge in [0.25, 0.3) is 5.91 Å². The summed E-state index contributed by atoms with van der Waals surface area (Å²) in [6.45, 7) is 0. The highest BCUT2D eigenvalue weighted by Crippen LogP contribution is 2.38. The van der Waals surface area contributed by atoms with Gasteiger partial charge in [0, 0.05) is 7.11 Å². The molecule has 6 nitrogen and oxygen atoms in total. The van der Waals surface area contributed by atoms with Gasteiger partial charge in [-0.1, -0.05) is 11.6 Å². The number of ether oxygens (including phenoxy) is 1. The van der Waals surface area contributed by atoms with Crippen molar-refractivity contribution in [2.75, 3.05) is 12.5 Å². The maximum absolute atomic E-state index is 11.6. The topological polar surface area (TPSA) is 76.1 Å². The van der Waals surface area contributed by atoms with Crippen LogP contribution in [0.5, 0.6) is 0 Å². The van der Waals surface area contributed by atoms with Gasteiger partial charge in [0.15, 0.2) is 5.82 Å². The first-order valence-electron chi connectivity index (χ1n) is 4.75. The number of rotatable bonds is 4. The van der Waals surface area contributed by atoms with Gasteiger partial charge in [-0.15, -0.1) is 0 Å². The van der Waals surface area contributed by atoms with Crippen LogP contribution in [0.15, 0.2) is 12.4 Å². The van der Waals surface area contributed by atoms with Crippen molar-refractivity contribution in [1.29, 1.82) is 0 Å². The second-order valence-electron chi connectivity index (χ2n) is 3.50. The molecule has 0 unspecified atom stereocenters. The van der Waals surface area contributed by atoms with E-state index in [9.17, 15) is 4.79 Å². The fraction of sp³-hybridized carbons (Fsp3) is 0.444. The van der Waals surface area contributed by atoms with Crippen molar-refractivity contribution in [2.24, 2.45) is 0 Å². The molecule has 1 fully saturated rings. The molecule has 0 atom stereocenters. The van der Waals surface area contributed by atoms with Crippen LogP contribution in [0.2, 0.25) is 5.15 Å². The summed E-state index contributed by atoms with van der Waals surface area (Å²) >= 11 is 5.57. The molecule has 16 heavy (non-hydrogen) atoms. The highest BCUT2D eigenvalue weighted by molar-refractivity contribution is 6.29. The summed E-state index contributed by atoms with van der Waals surface area (Å²) in [5.74, 6) is 0.219. The first-order chi connectivity index (χ1) is 7.66. The molecule has 1 heterocycles. The molecular formula is C9H11ClN4O2. The maximum Gasteiger partial charge on any atom is 0.270 e. The molecule has 0 radical (unpaired) electrons. The number of amides is 1. The number of hydrogen-bond donors (Lipinski definition) is 2. The Morgan fingerprint density at radius 2 is 2.25 bits per heavy atom. The second kappa shape index (κ2) is 4.23. The van der Waals surface area contributed by atoms with Crippen molar-refractivity contribution in [1.82, 2.24) is 15.4 Å². The van der Waals surface area contributed by atoms with Crippen molar-refractivity contribution < 1.29 is 9.53 Å². The van der Waals surface area contributed by atoms with Crippen LogP contribution in [0.3, 0.4) is 0 Å². The molecule has 2 rings (SSSR count). The fourth-order valence-electron chi connectivity index (χ4n) is 1.25. The van der Waals surface area contributed by atoms with Crippen molar-refractivity contribution >= 4 is 23.3 Å². The lowest BCUT2D eigenvalue weighted by Gasteiger charge is -2.13. The molecule has 1 saturated carbocycles. The van der Waals surface area contributed by atoms with Crippen LogP contribution in [0.4, 0.5) is 5.82 Å². The summed E-state index contributed by atoms with van der Waals surface area (Å²) in [5, 5.41) is 0.299. The molecule has 0 aliphatic heterocycles. The van der Waals surface area contributed by atoms with Gasteiger partial charge in [0.05, 0.1) is 12.4 Å². The Balaban J connectivity index is 1.88. The predicted molar refractivity (Wildman–Crippen MR) is 57.8 cm³/mol. The quantitative estimate of drug-likeness (QED) is 0.762. The van der Waals surface area contributed by atoms with Crippen LogP contribution in [0, 0.1) is 0 Å². The van der Waals surface area contributed by atoms with E-state index in [4.69, 9.17) is 16.3 Å². The number of carbonyl (C=O) groups is 1. The molecule has 86 valence electrons. The summed E-state index contributed by atoms with van der Waals surface area (Å²) < 4.78 is 5.11. The van der Waals surface area contributed by atoms with Gasteiger partial charge in [0.1, 0.15) is 10.8 Å². The van der Waals surface area contributed by atoms with E-state index in [1.807, 2.05) is 0 Å². The predicted octanol–water partition coefficient (Wildman–Crippen LogP) is 0.752. The third-order valence-electron chi connectivity index (χ3n) is 2.43. The van der Waals surface area contributed by atoms with E-state index >= 15 is 0 Å². The number of nitrogens with zero attached hydrogens (tertiary/aromatic N) is 2. The van der Waals surface area contributed by atoms with Crippen molar-refractivity contribution in [3.8, 4) is 0 Å². The molecule has 2 N–H and O–H groups in total. The molecule has 0 aromatic carbocycles. The Morgan fingerprint density at radius 1 is 1.50 bits per heavy atom.